The molecular weight excluding hydrogens is 262 g/mol. The van der Waals surface area contributed by atoms with Crippen molar-refractivity contribution in [2.45, 2.75) is 26.0 Å². The van der Waals surface area contributed by atoms with E-state index in [4.69, 9.17) is 4.74 Å². The molecule has 1 aromatic heterocycles. The van der Waals surface area contributed by atoms with Crippen LogP contribution in [0.25, 0.3) is 0 Å². The van der Waals surface area contributed by atoms with Crippen LogP contribution < -0.4 is 5.32 Å². The lowest BCUT2D eigenvalue weighted by Crippen LogP contribution is -2.50. The molecule has 0 aromatic carbocycles. The number of β-amino-alcohol motifs (C(OH)–C–C–N with tert-alkyl or cyclic N) is 1. The third-order valence-corrected chi connectivity index (χ3v) is 4.05. The molecule has 5 nitrogen and oxygen atoms in total. The second-order valence-corrected chi connectivity index (χ2v) is 6.65. The fraction of sp³-hybridized carbons (Fsp3) is 0.769. The third kappa shape index (κ3) is 5.16. The highest BCUT2D eigenvalue weighted by Gasteiger charge is 2.24. The Morgan fingerprint density at radius 1 is 1.53 bits per heavy atom. The molecule has 0 aliphatic carbocycles. The summed E-state index contributed by atoms with van der Waals surface area (Å²) in [4.78, 5) is 7.68. The fourth-order valence-electron chi connectivity index (χ4n) is 2.24. The number of ether oxygens (including phenoxy) is 1. The number of aromatic nitrogens is 1. The molecule has 2 rings (SSSR count). The SMILES string of the molecule is Cc1ncc(CNCC(C)(O)CN2CCOCC2)s1. The molecule has 0 saturated carbocycles. The average Bonchev–Trinajstić information content (AvgIpc) is 2.75. The number of nitrogens with one attached hydrogen (secondary N) is 1. The summed E-state index contributed by atoms with van der Waals surface area (Å²) in [5.41, 5.74) is -0.711. The number of hydrogen-bond acceptors (Lipinski definition) is 6. The molecule has 1 aliphatic rings. The number of rotatable bonds is 6. The van der Waals surface area contributed by atoms with Crippen LogP contribution in [0.5, 0.6) is 0 Å². The van der Waals surface area contributed by atoms with Crippen LogP contribution in [-0.2, 0) is 11.3 Å². The van der Waals surface area contributed by atoms with Gasteiger partial charge in [0.25, 0.3) is 0 Å². The Bertz CT molecular complexity index is 389. The van der Waals surface area contributed by atoms with Crippen LogP contribution in [0.2, 0.25) is 0 Å². The largest absolute Gasteiger partial charge is 0.388 e. The van der Waals surface area contributed by atoms with Crippen molar-refractivity contribution in [1.29, 1.82) is 0 Å². The average molecular weight is 285 g/mol. The quantitative estimate of drug-likeness (QED) is 0.803. The molecule has 1 unspecified atom stereocenters. The molecular formula is C13H23N3O2S. The molecule has 1 aliphatic heterocycles. The number of aliphatic hydroxyl groups is 1. The van der Waals surface area contributed by atoms with Gasteiger partial charge in [-0.2, -0.15) is 0 Å². The Labute approximate surface area is 118 Å². The van der Waals surface area contributed by atoms with Gasteiger partial charge in [-0.3, -0.25) is 4.90 Å². The Morgan fingerprint density at radius 3 is 2.89 bits per heavy atom. The van der Waals surface area contributed by atoms with Crippen molar-refractivity contribution in [3.05, 3.63) is 16.1 Å². The maximum absolute atomic E-state index is 10.4. The van der Waals surface area contributed by atoms with Gasteiger partial charge in [0, 0.05) is 43.8 Å². The molecule has 1 atom stereocenters. The maximum Gasteiger partial charge on any atom is 0.0897 e. The van der Waals surface area contributed by atoms with Crippen LogP contribution >= 0.6 is 11.3 Å². The second kappa shape index (κ2) is 6.76. The van der Waals surface area contributed by atoms with Gasteiger partial charge in [-0.15, -0.1) is 11.3 Å². The minimum absolute atomic E-state index is 0.585. The van der Waals surface area contributed by atoms with E-state index in [9.17, 15) is 5.11 Å². The second-order valence-electron chi connectivity index (χ2n) is 5.33. The van der Waals surface area contributed by atoms with Gasteiger partial charge in [0.1, 0.15) is 0 Å². The van der Waals surface area contributed by atoms with Crippen molar-refractivity contribution in [3.63, 3.8) is 0 Å². The van der Waals surface area contributed by atoms with E-state index in [2.05, 4.69) is 15.2 Å². The molecule has 2 N–H and O–H groups in total. The van der Waals surface area contributed by atoms with Crippen LogP contribution in [0.4, 0.5) is 0 Å². The Kier molecular flexibility index (Phi) is 5.29. The van der Waals surface area contributed by atoms with E-state index in [1.807, 2.05) is 20.0 Å². The first-order valence-electron chi connectivity index (χ1n) is 6.70. The molecule has 1 fully saturated rings. The zero-order valence-corrected chi connectivity index (χ0v) is 12.5. The molecule has 6 heteroatoms. The van der Waals surface area contributed by atoms with Crippen LogP contribution in [0.15, 0.2) is 6.20 Å². The Morgan fingerprint density at radius 2 is 2.26 bits per heavy atom. The smallest absolute Gasteiger partial charge is 0.0897 e. The number of nitrogens with zero attached hydrogens (tertiary/aromatic N) is 2. The molecule has 0 radical (unpaired) electrons. The van der Waals surface area contributed by atoms with E-state index < -0.39 is 5.60 Å². The minimum Gasteiger partial charge on any atom is -0.388 e. The molecule has 0 spiro atoms. The van der Waals surface area contributed by atoms with Crippen LogP contribution in [-0.4, -0.2) is 60.0 Å². The van der Waals surface area contributed by atoms with Gasteiger partial charge in [0.05, 0.1) is 23.8 Å². The molecule has 19 heavy (non-hydrogen) atoms. The van der Waals surface area contributed by atoms with Crippen molar-refractivity contribution in [1.82, 2.24) is 15.2 Å². The third-order valence-electron chi connectivity index (χ3n) is 3.14. The highest BCUT2D eigenvalue weighted by molar-refractivity contribution is 7.11. The van der Waals surface area contributed by atoms with Gasteiger partial charge >= 0.3 is 0 Å². The van der Waals surface area contributed by atoms with E-state index in [1.165, 1.54) is 4.88 Å². The molecule has 0 bridgehead atoms. The Balaban J connectivity index is 1.70. The monoisotopic (exact) mass is 285 g/mol. The van der Waals surface area contributed by atoms with E-state index in [0.29, 0.717) is 13.1 Å². The van der Waals surface area contributed by atoms with Crippen LogP contribution in [0.3, 0.4) is 0 Å². The summed E-state index contributed by atoms with van der Waals surface area (Å²) in [6.45, 7) is 9.27. The van der Waals surface area contributed by atoms with Crippen LogP contribution in [0.1, 0.15) is 16.8 Å². The minimum atomic E-state index is -0.711. The highest BCUT2D eigenvalue weighted by atomic mass is 32.1. The predicted molar refractivity (Wildman–Crippen MR) is 76.4 cm³/mol. The standard InChI is InChI=1S/C13H23N3O2S/c1-11-15-8-12(19-11)7-14-9-13(2,17)10-16-3-5-18-6-4-16/h8,14,17H,3-7,9-10H2,1-2H3. The molecule has 0 amide bonds. The summed E-state index contributed by atoms with van der Waals surface area (Å²) in [5, 5.41) is 14.8. The van der Waals surface area contributed by atoms with Gasteiger partial charge in [-0.05, 0) is 13.8 Å². The summed E-state index contributed by atoms with van der Waals surface area (Å²) in [7, 11) is 0. The zero-order valence-electron chi connectivity index (χ0n) is 11.7. The van der Waals surface area contributed by atoms with Gasteiger partial charge in [0.15, 0.2) is 0 Å². The van der Waals surface area contributed by atoms with E-state index >= 15 is 0 Å². The van der Waals surface area contributed by atoms with E-state index in [1.54, 1.807) is 11.3 Å². The topological polar surface area (TPSA) is 57.6 Å². The number of aryl methyl sites for hydroxylation is 1. The summed E-state index contributed by atoms with van der Waals surface area (Å²) >= 11 is 1.69. The number of morpholine rings is 1. The molecule has 2 heterocycles. The summed E-state index contributed by atoms with van der Waals surface area (Å²) in [6, 6.07) is 0. The number of hydrogen-bond donors (Lipinski definition) is 2. The van der Waals surface area contributed by atoms with Gasteiger partial charge in [0.2, 0.25) is 0 Å². The summed E-state index contributed by atoms with van der Waals surface area (Å²) in [5.74, 6) is 0. The van der Waals surface area contributed by atoms with Crippen LogP contribution in [0, 0.1) is 6.92 Å². The van der Waals surface area contributed by atoms with Gasteiger partial charge in [-0.25, -0.2) is 4.98 Å². The summed E-state index contributed by atoms with van der Waals surface area (Å²) in [6.07, 6.45) is 1.89. The van der Waals surface area contributed by atoms with Gasteiger partial charge in [-0.1, -0.05) is 0 Å². The lowest BCUT2D eigenvalue weighted by molar-refractivity contribution is -0.0219. The fourth-order valence-corrected chi connectivity index (χ4v) is 3.00. The lowest BCUT2D eigenvalue weighted by atomic mass is 10.1. The lowest BCUT2D eigenvalue weighted by Gasteiger charge is -2.33. The maximum atomic E-state index is 10.4. The van der Waals surface area contributed by atoms with Crippen molar-refractivity contribution < 1.29 is 9.84 Å². The predicted octanol–water partition coefficient (Wildman–Crippen LogP) is 0.624. The highest BCUT2D eigenvalue weighted by Crippen LogP contribution is 2.12. The normalized spacial score (nSPS) is 20.4. The number of thiazole rings is 1. The molecule has 1 aromatic rings. The van der Waals surface area contributed by atoms with Crippen molar-refractivity contribution >= 4 is 11.3 Å². The zero-order chi connectivity index (χ0) is 13.7. The first-order valence-corrected chi connectivity index (χ1v) is 7.51. The summed E-state index contributed by atoms with van der Waals surface area (Å²) < 4.78 is 5.31. The first-order chi connectivity index (χ1) is 9.05. The Hall–Kier alpha value is -0.530. The van der Waals surface area contributed by atoms with Crippen molar-refractivity contribution in [2.24, 2.45) is 0 Å². The molecule has 108 valence electrons. The van der Waals surface area contributed by atoms with Crippen molar-refractivity contribution in [2.75, 3.05) is 39.4 Å². The van der Waals surface area contributed by atoms with E-state index in [-0.39, 0.29) is 0 Å². The first kappa shape index (κ1) is 14.9. The van der Waals surface area contributed by atoms with E-state index in [0.717, 1.165) is 37.9 Å². The molecule has 1 saturated heterocycles. The van der Waals surface area contributed by atoms with Gasteiger partial charge < -0.3 is 15.2 Å². The van der Waals surface area contributed by atoms with Crippen molar-refractivity contribution in [3.8, 4) is 0 Å².